The molecule has 1 aliphatic heterocycles. The third-order valence-electron chi connectivity index (χ3n) is 5.82. The lowest BCUT2D eigenvalue weighted by Crippen LogP contribution is -2.23. The van der Waals surface area contributed by atoms with Crippen molar-refractivity contribution in [2.45, 2.75) is 38.8 Å². The van der Waals surface area contributed by atoms with Crippen molar-refractivity contribution in [1.29, 1.82) is 0 Å². The standard InChI is InChI=1S/C25H30N2O3/c1-29-25(28)22-9-8-21-12-15-27(24(21)18-22)16-17-30-23-10-6-20(7-11-23)19-26-13-4-2-3-5-14-26/h6-12,15,18H,2-5,13-14,16-17,19H2,1H3. The number of nitrogens with zero attached hydrogens (tertiary/aromatic N) is 2. The Balaban J connectivity index is 1.32. The van der Waals surface area contributed by atoms with Crippen LogP contribution in [0.15, 0.2) is 54.7 Å². The van der Waals surface area contributed by atoms with Crippen LogP contribution < -0.4 is 4.74 Å². The second-order valence-corrected chi connectivity index (χ2v) is 7.96. The van der Waals surface area contributed by atoms with Crippen LogP contribution in [0.5, 0.6) is 5.75 Å². The highest BCUT2D eigenvalue weighted by Gasteiger charge is 2.10. The minimum Gasteiger partial charge on any atom is -0.492 e. The molecule has 1 fully saturated rings. The van der Waals surface area contributed by atoms with Crippen molar-refractivity contribution in [3.8, 4) is 5.75 Å². The van der Waals surface area contributed by atoms with Crippen LogP contribution in [0, 0.1) is 0 Å². The number of fused-ring (bicyclic) bond motifs is 1. The van der Waals surface area contributed by atoms with E-state index in [2.05, 4.69) is 33.7 Å². The number of rotatable bonds is 7. The van der Waals surface area contributed by atoms with Gasteiger partial charge >= 0.3 is 5.97 Å². The fraction of sp³-hybridized carbons (Fsp3) is 0.400. The van der Waals surface area contributed by atoms with E-state index in [0.29, 0.717) is 18.7 Å². The van der Waals surface area contributed by atoms with Crippen LogP contribution in [0.2, 0.25) is 0 Å². The van der Waals surface area contributed by atoms with Gasteiger partial charge in [0.15, 0.2) is 0 Å². The predicted octanol–water partition coefficient (Wildman–Crippen LogP) is 4.88. The molecule has 5 heteroatoms. The zero-order valence-corrected chi connectivity index (χ0v) is 17.7. The molecule has 0 N–H and O–H groups in total. The monoisotopic (exact) mass is 406 g/mol. The topological polar surface area (TPSA) is 43.7 Å². The van der Waals surface area contributed by atoms with Crippen molar-refractivity contribution >= 4 is 16.9 Å². The second-order valence-electron chi connectivity index (χ2n) is 7.96. The first-order chi connectivity index (χ1) is 14.7. The number of likely N-dealkylation sites (tertiary alicyclic amines) is 1. The van der Waals surface area contributed by atoms with Crippen LogP contribution >= 0.6 is 0 Å². The smallest absolute Gasteiger partial charge is 0.337 e. The van der Waals surface area contributed by atoms with Crippen molar-refractivity contribution in [2.75, 3.05) is 26.8 Å². The zero-order valence-electron chi connectivity index (χ0n) is 17.7. The summed E-state index contributed by atoms with van der Waals surface area (Å²) >= 11 is 0. The Morgan fingerprint density at radius 2 is 1.73 bits per heavy atom. The summed E-state index contributed by atoms with van der Waals surface area (Å²) in [6.07, 6.45) is 7.39. The van der Waals surface area contributed by atoms with Gasteiger partial charge in [-0.15, -0.1) is 0 Å². The molecule has 5 nitrogen and oxygen atoms in total. The summed E-state index contributed by atoms with van der Waals surface area (Å²) in [5, 5.41) is 1.10. The molecular weight excluding hydrogens is 376 g/mol. The lowest BCUT2D eigenvalue weighted by Gasteiger charge is -2.19. The molecule has 4 rings (SSSR count). The first-order valence-electron chi connectivity index (χ1n) is 10.8. The Hall–Kier alpha value is -2.79. The fourth-order valence-corrected chi connectivity index (χ4v) is 4.13. The summed E-state index contributed by atoms with van der Waals surface area (Å²) in [5.41, 5.74) is 2.91. The molecule has 30 heavy (non-hydrogen) atoms. The predicted molar refractivity (Wildman–Crippen MR) is 119 cm³/mol. The summed E-state index contributed by atoms with van der Waals surface area (Å²) < 4.78 is 12.9. The van der Waals surface area contributed by atoms with E-state index >= 15 is 0 Å². The molecule has 1 aliphatic rings. The maximum absolute atomic E-state index is 11.8. The number of aromatic nitrogens is 1. The van der Waals surface area contributed by atoms with Gasteiger partial charge in [-0.3, -0.25) is 4.90 Å². The minimum absolute atomic E-state index is 0.318. The van der Waals surface area contributed by atoms with Crippen molar-refractivity contribution in [3.05, 3.63) is 65.9 Å². The van der Waals surface area contributed by atoms with Gasteiger partial charge in [0.05, 0.1) is 19.2 Å². The molecular formula is C25H30N2O3. The Morgan fingerprint density at radius 1 is 0.967 bits per heavy atom. The van der Waals surface area contributed by atoms with Gasteiger partial charge in [0, 0.05) is 18.3 Å². The van der Waals surface area contributed by atoms with E-state index in [1.165, 1.54) is 51.4 Å². The van der Waals surface area contributed by atoms with Gasteiger partial charge in [0.25, 0.3) is 0 Å². The Morgan fingerprint density at radius 3 is 2.47 bits per heavy atom. The Kier molecular flexibility index (Phi) is 6.70. The number of benzene rings is 2. The molecule has 3 aromatic rings. The highest BCUT2D eigenvalue weighted by molar-refractivity contribution is 5.94. The highest BCUT2D eigenvalue weighted by Crippen LogP contribution is 2.20. The second kappa shape index (κ2) is 9.81. The summed E-state index contributed by atoms with van der Waals surface area (Å²) in [7, 11) is 1.40. The molecule has 0 saturated carbocycles. The zero-order chi connectivity index (χ0) is 20.8. The van der Waals surface area contributed by atoms with E-state index in [9.17, 15) is 4.79 Å². The van der Waals surface area contributed by atoms with Gasteiger partial charge in [-0.2, -0.15) is 0 Å². The van der Waals surface area contributed by atoms with Gasteiger partial charge in [-0.1, -0.05) is 31.0 Å². The van der Waals surface area contributed by atoms with Crippen molar-refractivity contribution in [1.82, 2.24) is 9.47 Å². The number of hydrogen-bond donors (Lipinski definition) is 0. The molecule has 2 heterocycles. The molecule has 0 atom stereocenters. The molecule has 0 unspecified atom stereocenters. The third kappa shape index (κ3) is 5.03. The van der Waals surface area contributed by atoms with E-state index in [1.54, 1.807) is 6.07 Å². The lowest BCUT2D eigenvalue weighted by atomic mass is 10.1. The summed E-state index contributed by atoms with van der Waals surface area (Å²) in [5.74, 6) is 0.572. The number of carbonyl (C=O) groups is 1. The van der Waals surface area contributed by atoms with Crippen LogP contribution in [0.25, 0.3) is 10.9 Å². The van der Waals surface area contributed by atoms with Crippen LogP contribution in [-0.2, 0) is 17.8 Å². The van der Waals surface area contributed by atoms with E-state index in [-0.39, 0.29) is 5.97 Å². The van der Waals surface area contributed by atoms with Gasteiger partial charge in [0.2, 0.25) is 0 Å². The van der Waals surface area contributed by atoms with Gasteiger partial charge in [-0.25, -0.2) is 4.79 Å². The SMILES string of the molecule is COC(=O)c1ccc2ccn(CCOc3ccc(CN4CCCCCC4)cc3)c2c1. The molecule has 0 spiro atoms. The average Bonchev–Trinajstić information content (AvgIpc) is 3.00. The van der Waals surface area contributed by atoms with E-state index in [4.69, 9.17) is 9.47 Å². The number of methoxy groups -OCH3 is 1. The normalized spacial score (nSPS) is 15.1. The molecule has 158 valence electrons. The van der Waals surface area contributed by atoms with Gasteiger partial charge < -0.3 is 14.0 Å². The molecule has 1 saturated heterocycles. The van der Waals surface area contributed by atoms with Crippen LogP contribution in [0.4, 0.5) is 0 Å². The van der Waals surface area contributed by atoms with Gasteiger partial charge in [0.1, 0.15) is 12.4 Å². The van der Waals surface area contributed by atoms with Crippen LogP contribution in [0.1, 0.15) is 41.6 Å². The number of hydrogen-bond acceptors (Lipinski definition) is 4. The molecule has 0 bridgehead atoms. The third-order valence-corrected chi connectivity index (χ3v) is 5.82. The Bertz CT molecular complexity index is 970. The van der Waals surface area contributed by atoms with Crippen LogP contribution in [-0.4, -0.2) is 42.2 Å². The van der Waals surface area contributed by atoms with E-state index in [0.717, 1.165) is 23.2 Å². The fourth-order valence-electron chi connectivity index (χ4n) is 4.13. The highest BCUT2D eigenvalue weighted by atomic mass is 16.5. The van der Waals surface area contributed by atoms with E-state index in [1.807, 2.05) is 24.4 Å². The number of ether oxygens (including phenoxy) is 2. The van der Waals surface area contributed by atoms with Crippen molar-refractivity contribution in [2.24, 2.45) is 0 Å². The molecule has 0 amide bonds. The van der Waals surface area contributed by atoms with Crippen LogP contribution in [0.3, 0.4) is 0 Å². The molecule has 1 aromatic heterocycles. The molecule has 0 radical (unpaired) electrons. The van der Waals surface area contributed by atoms with E-state index < -0.39 is 0 Å². The van der Waals surface area contributed by atoms with Crippen molar-refractivity contribution in [3.63, 3.8) is 0 Å². The summed E-state index contributed by atoms with van der Waals surface area (Å²) in [4.78, 5) is 14.4. The molecule has 2 aromatic carbocycles. The lowest BCUT2D eigenvalue weighted by molar-refractivity contribution is 0.0601. The van der Waals surface area contributed by atoms with Crippen molar-refractivity contribution < 1.29 is 14.3 Å². The Labute approximate surface area is 178 Å². The largest absolute Gasteiger partial charge is 0.492 e. The maximum atomic E-state index is 11.8. The minimum atomic E-state index is -0.318. The van der Waals surface area contributed by atoms with Gasteiger partial charge in [-0.05, 0) is 67.2 Å². The summed E-state index contributed by atoms with van der Waals surface area (Å²) in [6, 6.07) is 16.1. The quantitative estimate of drug-likeness (QED) is 0.525. The first-order valence-corrected chi connectivity index (χ1v) is 10.8. The number of esters is 1. The summed E-state index contributed by atoms with van der Waals surface area (Å²) in [6.45, 7) is 4.72. The maximum Gasteiger partial charge on any atom is 0.337 e. The first kappa shape index (κ1) is 20.5. The average molecular weight is 407 g/mol. The molecule has 0 aliphatic carbocycles. The number of carbonyl (C=O) groups excluding carboxylic acids is 1.